The fourth-order valence-corrected chi connectivity index (χ4v) is 5.93. The van der Waals surface area contributed by atoms with Gasteiger partial charge in [-0.15, -0.1) is 0 Å². The molecule has 0 spiro atoms. The molecule has 1 unspecified atom stereocenters. The number of hydrogen-bond donors (Lipinski definition) is 2. The zero-order chi connectivity index (χ0) is 27.1. The van der Waals surface area contributed by atoms with Crippen molar-refractivity contribution in [3.63, 3.8) is 0 Å². The van der Waals surface area contributed by atoms with Crippen LogP contribution in [0.3, 0.4) is 0 Å². The number of halogens is 3. The molecular weight excluding hydrogens is 532 g/mol. The highest BCUT2D eigenvalue weighted by Crippen LogP contribution is 2.37. The van der Waals surface area contributed by atoms with Crippen LogP contribution in [-0.4, -0.2) is 77.8 Å². The largest absolute Gasteiger partial charge is 0.374 e. The van der Waals surface area contributed by atoms with Crippen LogP contribution < -0.4 is 10.9 Å². The van der Waals surface area contributed by atoms with Gasteiger partial charge in [0.25, 0.3) is 11.5 Å². The Morgan fingerprint density at radius 3 is 2.55 bits per heavy atom. The van der Waals surface area contributed by atoms with Gasteiger partial charge in [0, 0.05) is 42.8 Å². The Morgan fingerprint density at radius 1 is 1.08 bits per heavy atom. The van der Waals surface area contributed by atoms with E-state index in [9.17, 15) is 18.8 Å². The van der Waals surface area contributed by atoms with Crippen LogP contribution >= 0.6 is 23.2 Å². The van der Waals surface area contributed by atoms with E-state index in [1.807, 2.05) is 20.0 Å². The summed E-state index contributed by atoms with van der Waals surface area (Å²) in [7, 11) is 1.99. The molecular formula is C27H28Cl2FN5O3. The summed E-state index contributed by atoms with van der Waals surface area (Å²) < 4.78 is 14.9. The minimum absolute atomic E-state index is 0.0734. The van der Waals surface area contributed by atoms with E-state index in [2.05, 4.69) is 15.2 Å². The third-order valence-electron chi connectivity index (χ3n) is 7.39. The van der Waals surface area contributed by atoms with E-state index in [1.54, 1.807) is 21.9 Å². The summed E-state index contributed by atoms with van der Waals surface area (Å²) >= 11 is 12.5. The summed E-state index contributed by atoms with van der Waals surface area (Å²) in [5.74, 6) is -1.15. The number of nitrogens with one attached hydrogen (secondary N) is 2. The lowest BCUT2D eigenvalue weighted by molar-refractivity contribution is -0.131. The van der Waals surface area contributed by atoms with Crippen LogP contribution in [-0.2, 0) is 11.2 Å². The molecule has 1 saturated heterocycles. The van der Waals surface area contributed by atoms with Gasteiger partial charge in [-0.1, -0.05) is 23.2 Å². The van der Waals surface area contributed by atoms with Crippen LogP contribution in [0.15, 0.2) is 35.1 Å². The Bertz CT molecular complexity index is 1490. The molecule has 0 radical (unpaired) electrons. The quantitative estimate of drug-likeness (QED) is 0.505. The second-order valence-electron chi connectivity index (χ2n) is 9.85. The molecule has 0 saturated carbocycles. The van der Waals surface area contributed by atoms with Crippen LogP contribution in [0.2, 0.25) is 10.0 Å². The third-order valence-corrected chi connectivity index (χ3v) is 7.92. The van der Waals surface area contributed by atoms with E-state index in [-0.39, 0.29) is 41.2 Å². The lowest BCUT2D eigenvalue weighted by Gasteiger charge is -2.36. The van der Waals surface area contributed by atoms with Crippen molar-refractivity contribution in [2.24, 2.45) is 0 Å². The zero-order valence-electron chi connectivity index (χ0n) is 21.1. The number of aromatic amines is 1. The molecule has 11 heteroatoms. The Balaban J connectivity index is 1.34. The van der Waals surface area contributed by atoms with Crippen LogP contribution in [0.1, 0.15) is 34.6 Å². The van der Waals surface area contributed by atoms with Crippen molar-refractivity contribution < 1.29 is 14.0 Å². The first-order valence-electron chi connectivity index (χ1n) is 12.5. The molecule has 1 atom stereocenters. The molecule has 3 aromatic rings. The summed E-state index contributed by atoms with van der Waals surface area (Å²) in [5, 5.41) is 4.48. The average molecular weight is 560 g/mol. The lowest BCUT2D eigenvalue weighted by Crippen LogP contribution is -2.47. The van der Waals surface area contributed by atoms with Crippen molar-refractivity contribution in [1.29, 1.82) is 0 Å². The van der Waals surface area contributed by atoms with Crippen LogP contribution in [0.25, 0.3) is 10.8 Å². The van der Waals surface area contributed by atoms with Crippen molar-refractivity contribution in [2.45, 2.75) is 19.4 Å². The average Bonchev–Trinajstić information content (AvgIpc) is 2.87. The number of carbonyl (C=O) groups excluding carboxylic acids is 2. The van der Waals surface area contributed by atoms with Gasteiger partial charge in [-0.05, 0) is 67.2 Å². The highest BCUT2D eigenvalue weighted by atomic mass is 35.5. The fourth-order valence-electron chi connectivity index (χ4n) is 5.23. The maximum atomic E-state index is 14.9. The molecule has 1 aromatic heterocycles. The van der Waals surface area contributed by atoms with Gasteiger partial charge >= 0.3 is 0 Å². The van der Waals surface area contributed by atoms with Gasteiger partial charge in [0.1, 0.15) is 11.5 Å². The summed E-state index contributed by atoms with van der Waals surface area (Å²) in [4.78, 5) is 46.9. The predicted octanol–water partition coefficient (Wildman–Crippen LogP) is 3.92. The van der Waals surface area contributed by atoms with E-state index in [1.165, 1.54) is 6.07 Å². The number of rotatable bonds is 4. The second kappa shape index (κ2) is 10.6. The van der Waals surface area contributed by atoms with Gasteiger partial charge in [-0.2, -0.15) is 0 Å². The number of piperazine rings is 1. The topological polar surface area (TPSA) is 88.8 Å². The third kappa shape index (κ3) is 5.10. The first-order valence-corrected chi connectivity index (χ1v) is 13.2. The molecule has 1 fully saturated rings. The standard InChI is InChI=1S/C27H28Cl2FN5O3/c1-15-25-16(9-18(28)12-20(25)29)3-4-35(15)24(36)14-31-22-10-17-11-23(32-26(37)19(17)13-21(22)30)27(38)34-7-5-33(2)6-8-34/h9-13,15,31H,3-8,14H2,1-2H3,(H,32,37). The van der Waals surface area contributed by atoms with Crippen molar-refractivity contribution in [3.05, 3.63) is 73.4 Å². The number of aromatic nitrogens is 1. The van der Waals surface area contributed by atoms with E-state index in [0.717, 1.165) is 30.3 Å². The number of fused-ring (bicyclic) bond motifs is 2. The van der Waals surface area contributed by atoms with Gasteiger partial charge in [0.15, 0.2) is 0 Å². The Labute approximate surface area is 229 Å². The number of anilines is 1. The van der Waals surface area contributed by atoms with Gasteiger partial charge in [0.05, 0.1) is 23.7 Å². The molecule has 2 amide bonds. The highest BCUT2D eigenvalue weighted by Gasteiger charge is 2.30. The fraction of sp³-hybridized carbons (Fsp3) is 0.370. The van der Waals surface area contributed by atoms with Crippen LogP contribution in [0.5, 0.6) is 0 Å². The van der Waals surface area contributed by atoms with E-state index in [4.69, 9.17) is 23.2 Å². The van der Waals surface area contributed by atoms with Gasteiger partial charge in [-0.3, -0.25) is 14.4 Å². The van der Waals surface area contributed by atoms with E-state index < -0.39 is 11.4 Å². The SMILES string of the molecule is CC1c2c(Cl)cc(Cl)cc2CCN1C(=O)CNc1cc2cc(C(=O)N3CCN(C)CC3)[nH]c(=O)c2cc1F. The second-order valence-corrected chi connectivity index (χ2v) is 10.7. The Kier molecular flexibility index (Phi) is 7.35. The molecule has 0 aliphatic carbocycles. The highest BCUT2D eigenvalue weighted by molar-refractivity contribution is 6.35. The number of H-pyrrole nitrogens is 1. The van der Waals surface area contributed by atoms with Crippen LogP contribution in [0.4, 0.5) is 10.1 Å². The molecule has 5 rings (SSSR count). The first kappa shape index (κ1) is 26.5. The molecule has 0 bridgehead atoms. The summed E-state index contributed by atoms with van der Waals surface area (Å²) in [6.07, 6.45) is 0.614. The minimum Gasteiger partial charge on any atom is -0.374 e. The zero-order valence-corrected chi connectivity index (χ0v) is 22.6. The summed E-state index contributed by atoms with van der Waals surface area (Å²) in [6, 6.07) is 7.41. The molecule has 8 nitrogen and oxygen atoms in total. The number of amides is 2. The van der Waals surface area contributed by atoms with E-state index in [0.29, 0.717) is 41.5 Å². The molecule has 2 aliphatic rings. The van der Waals surface area contributed by atoms with E-state index >= 15 is 0 Å². The molecule has 200 valence electrons. The predicted molar refractivity (Wildman–Crippen MR) is 147 cm³/mol. The van der Waals surface area contributed by atoms with Crippen molar-refractivity contribution in [1.82, 2.24) is 19.7 Å². The molecule has 2 N–H and O–H groups in total. The molecule has 3 heterocycles. The van der Waals surface area contributed by atoms with Gasteiger partial charge in [-0.25, -0.2) is 4.39 Å². The monoisotopic (exact) mass is 559 g/mol. The van der Waals surface area contributed by atoms with Gasteiger partial charge in [0.2, 0.25) is 5.91 Å². The summed E-state index contributed by atoms with van der Waals surface area (Å²) in [6.45, 7) is 4.85. The number of hydrogen-bond acceptors (Lipinski definition) is 5. The van der Waals surface area contributed by atoms with Crippen LogP contribution in [0, 0.1) is 5.82 Å². The first-order chi connectivity index (χ1) is 18.1. The number of carbonyl (C=O) groups is 2. The number of nitrogens with zero attached hydrogens (tertiary/aromatic N) is 3. The van der Waals surface area contributed by atoms with Crippen molar-refractivity contribution in [3.8, 4) is 0 Å². The van der Waals surface area contributed by atoms with Crippen molar-refractivity contribution in [2.75, 3.05) is 51.6 Å². The Hall–Kier alpha value is -3.14. The maximum absolute atomic E-state index is 14.9. The number of pyridine rings is 1. The summed E-state index contributed by atoms with van der Waals surface area (Å²) in [5.41, 5.74) is 1.56. The lowest BCUT2D eigenvalue weighted by atomic mass is 9.93. The minimum atomic E-state index is -0.663. The van der Waals surface area contributed by atoms with Gasteiger partial charge < -0.3 is 25.0 Å². The molecule has 2 aliphatic heterocycles. The number of likely N-dealkylation sites (N-methyl/N-ethyl adjacent to an activating group) is 1. The normalized spacial score (nSPS) is 18.0. The maximum Gasteiger partial charge on any atom is 0.270 e. The van der Waals surface area contributed by atoms with Crippen molar-refractivity contribution >= 4 is 51.5 Å². The Morgan fingerprint density at radius 2 is 1.82 bits per heavy atom. The number of benzene rings is 2. The molecule has 2 aromatic carbocycles. The molecule has 38 heavy (non-hydrogen) atoms. The smallest absolute Gasteiger partial charge is 0.270 e.